The van der Waals surface area contributed by atoms with E-state index in [-0.39, 0.29) is 27.9 Å². The highest BCUT2D eigenvalue weighted by Gasteiger charge is 2.22. The van der Waals surface area contributed by atoms with Crippen molar-refractivity contribution < 1.29 is 29.6 Å². The van der Waals surface area contributed by atoms with Gasteiger partial charge < -0.3 is 24.8 Å². The molecule has 0 fully saturated rings. The van der Waals surface area contributed by atoms with Crippen LogP contribution in [0.25, 0.3) is 0 Å². The van der Waals surface area contributed by atoms with E-state index in [0.717, 1.165) is 0 Å². The Morgan fingerprint density at radius 1 is 0.926 bits per heavy atom. The molecule has 0 aliphatic carbocycles. The molecule has 0 radical (unpaired) electrons. The van der Waals surface area contributed by atoms with Gasteiger partial charge in [-0.2, -0.15) is 0 Å². The summed E-state index contributed by atoms with van der Waals surface area (Å²) in [6, 6.07) is 5.59. The molecule has 3 N–H and O–H groups in total. The molecule has 8 heteroatoms. The molecule has 27 heavy (non-hydrogen) atoms. The third-order valence-electron chi connectivity index (χ3n) is 3.58. The van der Waals surface area contributed by atoms with Gasteiger partial charge in [-0.15, -0.1) is 0 Å². The van der Waals surface area contributed by atoms with E-state index in [1.54, 1.807) is 13.8 Å². The van der Waals surface area contributed by atoms with Gasteiger partial charge in [0.1, 0.15) is 23.0 Å². The second kappa shape index (κ2) is 9.17. The van der Waals surface area contributed by atoms with Crippen LogP contribution in [0.15, 0.2) is 24.3 Å². The molecule has 0 spiro atoms. The summed E-state index contributed by atoms with van der Waals surface area (Å²) in [7, 11) is 2.93. The van der Waals surface area contributed by atoms with E-state index in [0.29, 0.717) is 22.1 Å². The van der Waals surface area contributed by atoms with Gasteiger partial charge in [0.2, 0.25) is 0 Å². The van der Waals surface area contributed by atoms with Gasteiger partial charge in [0.15, 0.2) is 5.78 Å². The SMILES string of the molecule is COc1cc(C(C)(C)O)c(O)cc1Cl.COc1cc(C(C)=O)c(O)cc1Cl. The maximum atomic E-state index is 11.0. The smallest absolute Gasteiger partial charge is 0.163 e. The quantitative estimate of drug-likeness (QED) is 0.633. The first-order valence-electron chi connectivity index (χ1n) is 7.79. The molecule has 148 valence electrons. The van der Waals surface area contributed by atoms with Crippen LogP contribution in [0.5, 0.6) is 23.0 Å². The van der Waals surface area contributed by atoms with Crippen molar-refractivity contribution in [1.82, 2.24) is 0 Å². The maximum Gasteiger partial charge on any atom is 0.163 e. The van der Waals surface area contributed by atoms with E-state index < -0.39 is 5.60 Å². The van der Waals surface area contributed by atoms with Crippen molar-refractivity contribution >= 4 is 29.0 Å². The summed E-state index contributed by atoms with van der Waals surface area (Å²) in [5, 5.41) is 29.2. The molecular weight excluding hydrogens is 395 g/mol. The average molecular weight is 417 g/mol. The molecule has 6 nitrogen and oxygen atoms in total. The number of halogens is 2. The highest BCUT2D eigenvalue weighted by Crippen LogP contribution is 2.37. The van der Waals surface area contributed by atoms with Crippen LogP contribution in [-0.4, -0.2) is 35.3 Å². The third-order valence-corrected chi connectivity index (χ3v) is 4.17. The Balaban J connectivity index is 0.000000271. The Labute approximate surface area is 167 Å². The number of aromatic hydroxyl groups is 2. The summed E-state index contributed by atoms with van der Waals surface area (Å²) >= 11 is 11.5. The number of ketones is 1. The van der Waals surface area contributed by atoms with Crippen LogP contribution in [-0.2, 0) is 5.60 Å². The molecule has 0 unspecified atom stereocenters. The zero-order valence-electron chi connectivity index (χ0n) is 15.6. The highest BCUT2D eigenvalue weighted by atomic mass is 35.5. The van der Waals surface area contributed by atoms with Crippen LogP contribution in [0.2, 0.25) is 10.0 Å². The summed E-state index contributed by atoms with van der Waals surface area (Å²) < 4.78 is 9.88. The van der Waals surface area contributed by atoms with Crippen molar-refractivity contribution in [3.05, 3.63) is 45.4 Å². The molecule has 2 rings (SSSR count). The molecule has 0 amide bonds. The van der Waals surface area contributed by atoms with E-state index in [4.69, 9.17) is 32.7 Å². The third kappa shape index (κ3) is 5.92. The van der Waals surface area contributed by atoms with Crippen LogP contribution in [0.3, 0.4) is 0 Å². The average Bonchev–Trinajstić information content (AvgIpc) is 2.54. The molecule has 0 heterocycles. The number of carbonyl (C=O) groups excluding carboxylic acids is 1. The number of hydrogen-bond acceptors (Lipinski definition) is 6. The molecule has 0 aromatic heterocycles. The minimum atomic E-state index is -1.12. The second-order valence-electron chi connectivity index (χ2n) is 6.12. The zero-order valence-corrected chi connectivity index (χ0v) is 17.1. The summed E-state index contributed by atoms with van der Waals surface area (Å²) in [4.78, 5) is 11.0. The maximum absolute atomic E-state index is 11.0. The van der Waals surface area contributed by atoms with E-state index in [9.17, 15) is 20.1 Å². The fraction of sp³-hybridized carbons (Fsp3) is 0.316. The van der Waals surface area contributed by atoms with Gasteiger partial charge >= 0.3 is 0 Å². The molecular formula is C19H22Cl2O6. The highest BCUT2D eigenvalue weighted by molar-refractivity contribution is 6.32. The predicted octanol–water partition coefficient (Wildman–Crippen LogP) is 4.54. The number of hydrogen-bond donors (Lipinski definition) is 3. The first-order valence-corrected chi connectivity index (χ1v) is 8.54. The number of benzene rings is 2. The number of ether oxygens (including phenoxy) is 2. The summed E-state index contributed by atoms with van der Waals surface area (Å²) in [5.41, 5.74) is -0.526. The van der Waals surface area contributed by atoms with Gasteiger partial charge in [-0.3, -0.25) is 4.79 Å². The van der Waals surface area contributed by atoms with Crippen molar-refractivity contribution in [2.45, 2.75) is 26.4 Å². The van der Waals surface area contributed by atoms with Crippen LogP contribution < -0.4 is 9.47 Å². The molecule has 0 saturated heterocycles. The van der Waals surface area contributed by atoms with E-state index >= 15 is 0 Å². The van der Waals surface area contributed by atoms with E-state index in [2.05, 4.69) is 0 Å². The van der Waals surface area contributed by atoms with Crippen LogP contribution in [0.4, 0.5) is 0 Å². The van der Waals surface area contributed by atoms with Gasteiger partial charge in [-0.1, -0.05) is 23.2 Å². The van der Waals surface area contributed by atoms with Crippen LogP contribution in [0, 0.1) is 0 Å². The zero-order chi connectivity index (χ0) is 20.9. The lowest BCUT2D eigenvalue weighted by atomic mass is 9.97. The molecule has 0 aliphatic rings. The Morgan fingerprint density at radius 3 is 1.78 bits per heavy atom. The van der Waals surface area contributed by atoms with Crippen molar-refractivity contribution in [2.75, 3.05) is 14.2 Å². The Hall–Kier alpha value is -2.15. The van der Waals surface area contributed by atoms with Gasteiger partial charge in [0.25, 0.3) is 0 Å². The minimum Gasteiger partial charge on any atom is -0.508 e. The lowest BCUT2D eigenvalue weighted by molar-refractivity contribution is 0.0755. The topological polar surface area (TPSA) is 96.2 Å². The van der Waals surface area contributed by atoms with Crippen molar-refractivity contribution in [1.29, 1.82) is 0 Å². The number of Topliss-reactive ketones (excluding diaryl/α,β-unsaturated/α-hetero) is 1. The van der Waals surface area contributed by atoms with Crippen LogP contribution in [0.1, 0.15) is 36.7 Å². The Kier molecular flexibility index (Phi) is 7.77. The molecule has 0 atom stereocenters. The van der Waals surface area contributed by atoms with Crippen molar-refractivity contribution in [3.63, 3.8) is 0 Å². The van der Waals surface area contributed by atoms with E-state index in [1.807, 2.05) is 0 Å². The number of aliphatic hydroxyl groups is 1. The summed E-state index contributed by atoms with van der Waals surface area (Å²) in [5.74, 6) is 0.417. The lowest BCUT2D eigenvalue weighted by Crippen LogP contribution is -2.15. The lowest BCUT2D eigenvalue weighted by Gasteiger charge is -2.20. The fourth-order valence-corrected chi connectivity index (χ4v) is 2.64. The number of phenolic OH excluding ortho intramolecular Hbond substituents is 2. The first-order chi connectivity index (χ1) is 12.4. The van der Waals surface area contributed by atoms with Crippen molar-refractivity contribution in [2.24, 2.45) is 0 Å². The van der Waals surface area contributed by atoms with Gasteiger partial charge in [-0.05, 0) is 32.9 Å². The van der Waals surface area contributed by atoms with Gasteiger partial charge in [-0.25, -0.2) is 0 Å². The number of rotatable bonds is 4. The van der Waals surface area contributed by atoms with Gasteiger partial charge in [0, 0.05) is 17.7 Å². The predicted molar refractivity (Wildman–Crippen MR) is 105 cm³/mol. The van der Waals surface area contributed by atoms with Crippen LogP contribution >= 0.6 is 23.2 Å². The normalized spacial score (nSPS) is 10.7. The minimum absolute atomic E-state index is 0.0386. The summed E-state index contributed by atoms with van der Waals surface area (Å²) in [6.45, 7) is 4.52. The summed E-state index contributed by atoms with van der Waals surface area (Å²) in [6.07, 6.45) is 0. The van der Waals surface area contributed by atoms with E-state index in [1.165, 1.54) is 45.4 Å². The fourth-order valence-electron chi connectivity index (χ4n) is 2.17. The number of methoxy groups -OCH3 is 2. The first kappa shape index (κ1) is 22.9. The second-order valence-corrected chi connectivity index (χ2v) is 6.94. The Bertz CT molecular complexity index is 828. The molecule has 0 aliphatic heterocycles. The Morgan fingerprint density at radius 2 is 1.37 bits per heavy atom. The number of phenols is 2. The standard InChI is InChI=1S/C10H13ClO3.C9H9ClO3/c1-10(2,13)6-4-9(14-3)7(11)5-8(6)12;1-5(11)6-3-9(13-2)7(10)4-8(6)12/h4-5,12-13H,1-3H3;3-4,12H,1-2H3. The monoisotopic (exact) mass is 416 g/mol. The largest absolute Gasteiger partial charge is 0.508 e. The molecule has 2 aromatic carbocycles. The molecule has 0 saturated carbocycles. The molecule has 2 aromatic rings. The number of carbonyl (C=O) groups is 1. The van der Waals surface area contributed by atoms with Crippen molar-refractivity contribution in [3.8, 4) is 23.0 Å². The molecule has 0 bridgehead atoms. The van der Waals surface area contributed by atoms with Gasteiger partial charge in [0.05, 0.1) is 35.4 Å².